The van der Waals surface area contributed by atoms with Crippen LogP contribution in [0.2, 0.25) is 5.02 Å². The maximum Gasteiger partial charge on any atom is 0.163 e. The summed E-state index contributed by atoms with van der Waals surface area (Å²) in [6, 6.07) is 15.0. The van der Waals surface area contributed by atoms with E-state index in [1.807, 2.05) is 25.1 Å². The lowest BCUT2D eigenvalue weighted by Crippen LogP contribution is -2.06. The molecule has 0 spiro atoms. The van der Waals surface area contributed by atoms with Crippen molar-refractivity contribution in [3.05, 3.63) is 81.3 Å². The molecule has 2 aromatic heterocycles. The highest BCUT2D eigenvalue weighted by Gasteiger charge is 2.17. The number of thiophene rings is 1. The van der Waals surface area contributed by atoms with Crippen LogP contribution in [0.1, 0.15) is 46.1 Å². The monoisotopic (exact) mass is 465 g/mol. The second-order valence-electron chi connectivity index (χ2n) is 7.86. The maximum absolute atomic E-state index is 12.6. The van der Waals surface area contributed by atoms with E-state index in [4.69, 9.17) is 16.3 Å². The molecule has 164 valence electrons. The van der Waals surface area contributed by atoms with Crippen molar-refractivity contribution < 1.29 is 14.6 Å². The molecule has 0 fully saturated rings. The third kappa shape index (κ3) is 4.56. The average molecular weight is 466 g/mol. The summed E-state index contributed by atoms with van der Waals surface area (Å²) < 4.78 is 6.52. The first kappa shape index (κ1) is 22.5. The van der Waals surface area contributed by atoms with Crippen molar-refractivity contribution in [1.82, 2.24) is 4.98 Å². The van der Waals surface area contributed by atoms with E-state index in [1.165, 1.54) is 10.3 Å². The Kier molecular flexibility index (Phi) is 6.60. The van der Waals surface area contributed by atoms with Gasteiger partial charge in [0.1, 0.15) is 5.75 Å². The number of aliphatic hydroxyl groups excluding tert-OH is 1. The van der Waals surface area contributed by atoms with Gasteiger partial charge < -0.3 is 9.84 Å². The van der Waals surface area contributed by atoms with Crippen molar-refractivity contribution >= 4 is 38.8 Å². The Hall–Kier alpha value is -2.73. The van der Waals surface area contributed by atoms with Gasteiger partial charge in [-0.1, -0.05) is 41.9 Å². The largest absolute Gasteiger partial charge is 0.496 e. The number of ether oxygens (including phenoxy) is 1. The van der Waals surface area contributed by atoms with E-state index in [0.717, 1.165) is 22.2 Å². The number of fused-ring (bicyclic) bond motifs is 1. The molecule has 6 heteroatoms. The number of aryl methyl sites for hydroxylation is 2. The fraction of sp³-hybridized carbons (Fsp3) is 0.231. The standard InChI is InChI=1S/C26H24ClNO3S/c1-15-7-8-17(11-25(15)31-3)23(29)9-10-24(30)22-13-18(27)12-21(28-22)20-14-32-26-16(2)5-4-6-19(20)26/h4-8,11-14,24,30H,9-10H2,1-3H3. The fourth-order valence-electron chi connectivity index (χ4n) is 3.78. The lowest BCUT2D eigenvalue weighted by atomic mass is 10.0. The third-order valence-corrected chi connectivity index (χ3v) is 6.95. The van der Waals surface area contributed by atoms with Crippen LogP contribution in [-0.2, 0) is 0 Å². The zero-order valence-electron chi connectivity index (χ0n) is 18.2. The molecule has 0 saturated heterocycles. The van der Waals surface area contributed by atoms with Gasteiger partial charge >= 0.3 is 0 Å². The fourth-order valence-corrected chi connectivity index (χ4v) is 5.04. The smallest absolute Gasteiger partial charge is 0.163 e. The van der Waals surface area contributed by atoms with Crippen LogP contribution in [0.4, 0.5) is 0 Å². The molecule has 0 radical (unpaired) electrons. The van der Waals surface area contributed by atoms with Crippen LogP contribution in [0, 0.1) is 13.8 Å². The van der Waals surface area contributed by atoms with E-state index in [-0.39, 0.29) is 18.6 Å². The van der Waals surface area contributed by atoms with Gasteiger partial charge in [0, 0.05) is 38.0 Å². The predicted molar refractivity (Wildman–Crippen MR) is 131 cm³/mol. The summed E-state index contributed by atoms with van der Waals surface area (Å²) in [6.45, 7) is 4.01. The molecular formula is C26H24ClNO3S. The van der Waals surface area contributed by atoms with Crippen molar-refractivity contribution in [3.8, 4) is 17.0 Å². The molecule has 1 atom stereocenters. The Labute approximate surface area is 196 Å². The normalized spacial score (nSPS) is 12.2. The van der Waals surface area contributed by atoms with Gasteiger partial charge in [0.15, 0.2) is 5.78 Å². The SMILES string of the molecule is COc1cc(C(=O)CCC(O)c2cc(Cl)cc(-c3csc4c(C)cccc34)n2)ccc1C. The van der Waals surface area contributed by atoms with Crippen molar-refractivity contribution in [2.24, 2.45) is 0 Å². The van der Waals surface area contributed by atoms with Gasteiger partial charge in [-0.25, -0.2) is 4.98 Å². The molecule has 2 heterocycles. The number of Topliss-reactive ketones (excluding diaryl/α,β-unsaturated/α-hetero) is 1. The van der Waals surface area contributed by atoms with Crippen LogP contribution in [0.5, 0.6) is 5.75 Å². The highest BCUT2D eigenvalue weighted by Crippen LogP contribution is 2.36. The number of aliphatic hydroxyl groups is 1. The number of rotatable bonds is 7. The second-order valence-corrected chi connectivity index (χ2v) is 9.17. The van der Waals surface area contributed by atoms with Crippen molar-refractivity contribution in [1.29, 1.82) is 0 Å². The molecule has 32 heavy (non-hydrogen) atoms. The molecule has 2 aromatic carbocycles. The summed E-state index contributed by atoms with van der Waals surface area (Å²) >= 11 is 8.04. The summed E-state index contributed by atoms with van der Waals surface area (Å²) in [5.74, 6) is 0.625. The molecular weight excluding hydrogens is 442 g/mol. The molecule has 0 aliphatic carbocycles. The van der Waals surface area contributed by atoms with Crippen LogP contribution < -0.4 is 4.74 Å². The van der Waals surface area contributed by atoms with E-state index >= 15 is 0 Å². The van der Waals surface area contributed by atoms with Crippen molar-refractivity contribution in [2.45, 2.75) is 32.8 Å². The second kappa shape index (κ2) is 9.41. The number of methoxy groups -OCH3 is 1. The van der Waals surface area contributed by atoms with Crippen molar-refractivity contribution in [3.63, 3.8) is 0 Å². The molecule has 4 aromatic rings. The van der Waals surface area contributed by atoms with E-state index < -0.39 is 6.10 Å². The minimum absolute atomic E-state index is 0.0519. The lowest BCUT2D eigenvalue weighted by molar-refractivity contribution is 0.0937. The Balaban J connectivity index is 1.54. The Morgan fingerprint density at radius 1 is 1.16 bits per heavy atom. The first-order chi connectivity index (χ1) is 15.4. The third-order valence-electron chi connectivity index (χ3n) is 5.60. The van der Waals surface area contributed by atoms with Gasteiger partial charge in [0.05, 0.1) is 24.6 Å². The summed E-state index contributed by atoms with van der Waals surface area (Å²) in [6.07, 6.45) is -0.446. The number of benzene rings is 2. The Morgan fingerprint density at radius 2 is 1.97 bits per heavy atom. The van der Waals surface area contributed by atoms with Crippen LogP contribution >= 0.6 is 22.9 Å². The van der Waals surface area contributed by atoms with Crippen LogP contribution in [0.25, 0.3) is 21.3 Å². The summed E-state index contributed by atoms with van der Waals surface area (Å²) in [7, 11) is 1.58. The molecule has 0 amide bonds. The minimum Gasteiger partial charge on any atom is -0.496 e. The number of nitrogens with zero attached hydrogens (tertiary/aromatic N) is 1. The number of ketones is 1. The molecule has 0 aliphatic rings. The number of hydrogen-bond acceptors (Lipinski definition) is 5. The van der Waals surface area contributed by atoms with E-state index in [1.54, 1.807) is 36.6 Å². The van der Waals surface area contributed by atoms with Gasteiger partial charge in [0.25, 0.3) is 0 Å². The lowest BCUT2D eigenvalue weighted by Gasteiger charge is -2.13. The first-order valence-corrected chi connectivity index (χ1v) is 11.6. The van der Waals surface area contributed by atoms with Crippen LogP contribution in [0.3, 0.4) is 0 Å². The van der Waals surface area contributed by atoms with Gasteiger partial charge in [-0.15, -0.1) is 11.3 Å². The van der Waals surface area contributed by atoms with Gasteiger partial charge in [-0.3, -0.25) is 4.79 Å². The van der Waals surface area contributed by atoms with Crippen LogP contribution in [-0.4, -0.2) is 23.0 Å². The zero-order chi connectivity index (χ0) is 22.8. The van der Waals surface area contributed by atoms with Gasteiger partial charge in [-0.2, -0.15) is 0 Å². The Bertz CT molecular complexity index is 1300. The number of pyridine rings is 1. The highest BCUT2D eigenvalue weighted by atomic mass is 35.5. The van der Waals surface area contributed by atoms with E-state index in [2.05, 4.69) is 29.4 Å². The summed E-state index contributed by atoms with van der Waals surface area (Å²) in [5.41, 5.74) is 4.93. The molecule has 4 rings (SSSR count). The molecule has 0 aliphatic heterocycles. The number of halogens is 1. The molecule has 0 bridgehead atoms. The quantitative estimate of drug-likeness (QED) is 0.300. The summed E-state index contributed by atoms with van der Waals surface area (Å²) in [5, 5.41) is 14.5. The van der Waals surface area contributed by atoms with Gasteiger partial charge in [0.2, 0.25) is 0 Å². The molecule has 1 unspecified atom stereocenters. The summed E-state index contributed by atoms with van der Waals surface area (Å²) in [4.78, 5) is 17.3. The molecule has 4 nitrogen and oxygen atoms in total. The molecule has 1 N–H and O–H groups in total. The molecule has 0 saturated carbocycles. The number of aromatic nitrogens is 1. The zero-order valence-corrected chi connectivity index (χ0v) is 19.8. The highest BCUT2D eigenvalue weighted by molar-refractivity contribution is 7.18. The Morgan fingerprint density at radius 3 is 2.75 bits per heavy atom. The first-order valence-electron chi connectivity index (χ1n) is 10.4. The average Bonchev–Trinajstić information content (AvgIpc) is 3.22. The number of carbonyl (C=O) groups excluding carboxylic acids is 1. The van der Waals surface area contributed by atoms with Crippen LogP contribution in [0.15, 0.2) is 53.9 Å². The van der Waals surface area contributed by atoms with E-state index in [9.17, 15) is 9.90 Å². The van der Waals surface area contributed by atoms with Crippen molar-refractivity contribution in [2.75, 3.05) is 7.11 Å². The predicted octanol–water partition coefficient (Wildman–Crippen LogP) is 6.94. The minimum atomic E-state index is -0.893. The van der Waals surface area contributed by atoms with E-state index in [0.29, 0.717) is 22.0 Å². The van der Waals surface area contributed by atoms with Gasteiger partial charge in [-0.05, 0) is 49.6 Å². The topological polar surface area (TPSA) is 59.4 Å². The number of carbonyl (C=O) groups is 1. The maximum atomic E-state index is 12.6. The number of hydrogen-bond donors (Lipinski definition) is 1.